The van der Waals surface area contributed by atoms with Gasteiger partial charge in [-0.1, -0.05) is 19.1 Å². The van der Waals surface area contributed by atoms with E-state index in [4.69, 9.17) is 9.47 Å². The maximum Gasteiger partial charge on any atom is 0.254 e. The molecule has 1 aromatic carbocycles. The van der Waals surface area contributed by atoms with Gasteiger partial charge >= 0.3 is 0 Å². The van der Waals surface area contributed by atoms with E-state index in [1.54, 1.807) is 6.21 Å². The summed E-state index contributed by atoms with van der Waals surface area (Å²) in [5, 5.41) is 4.04. The molecule has 0 saturated carbocycles. The molecular weight excluding hydrogens is 294 g/mol. The normalized spacial score (nSPS) is 17.1. The van der Waals surface area contributed by atoms with Crippen LogP contribution in [0.5, 0.6) is 5.75 Å². The number of carbonyl (C=O) groups excluding carboxylic acids is 1. The van der Waals surface area contributed by atoms with Gasteiger partial charge in [0.25, 0.3) is 5.91 Å². The molecule has 1 atom stereocenters. The molecule has 0 aliphatic carbocycles. The molecule has 23 heavy (non-hydrogen) atoms. The molecule has 0 aromatic heterocycles. The van der Waals surface area contributed by atoms with Gasteiger partial charge in [-0.05, 0) is 25.5 Å². The molecule has 6 heteroatoms. The lowest BCUT2D eigenvalue weighted by molar-refractivity contribution is -0.123. The van der Waals surface area contributed by atoms with Crippen LogP contribution < -0.4 is 10.2 Å². The van der Waals surface area contributed by atoms with Crippen LogP contribution in [0.3, 0.4) is 0 Å². The van der Waals surface area contributed by atoms with Crippen LogP contribution in [0, 0.1) is 0 Å². The van der Waals surface area contributed by atoms with Gasteiger partial charge in [0.1, 0.15) is 5.75 Å². The van der Waals surface area contributed by atoms with Gasteiger partial charge in [-0.3, -0.25) is 9.69 Å². The number of hydrazone groups is 1. The lowest BCUT2D eigenvalue weighted by atomic mass is 10.2. The summed E-state index contributed by atoms with van der Waals surface area (Å²) >= 11 is 0. The summed E-state index contributed by atoms with van der Waals surface area (Å²) in [6.07, 6.45) is 2.69. The van der Waals surface area contributed by atoms with Crippen molar-refractivity contribution >= 4 is 12.1 Å². The molecule has 0 radical (unpaired) electrons. The second-order valence-corrected chi connectivity index (χ2v) is 5.56. The molecule has 126 valence electrons. The SMILES string of the molecule is CC[C@H](C)Oc1ccccc1/C=N\NC(=O)CN1CCOCC1. The molecule has 1 amide bonds. The standard InChI is InChI=1S/C17H25N3O3/c1-3-14(2)23-16-7-5-4-6-15(16)12-18-19-17(21)13-20-8-10-22-11-9-20/h4-7,12,14H,3,8-11,13H2,1-2H3,(H,19,21)/b18-12-/t14-/m0/s1. The summed E-state index contributed by atoms with van der Waals surface area (Å²) in [4.78, 5) is 13.9. The van der Waals surface area contributed by atoms with Crippen molar-refractivity contribution in [1.82, 2.24) is 10.3 Å². The van der Waals surface area contributed by atoms with E-state index in [1.807, 2.05) is 36.1 Å². The summed E-state index contributed by atoms with van der Waals surface area (Å²) in [5.74, 6) is 0.650. The zero-order chi connectivity index (χ0) is 16.5. The number of nitrogens with one attached hydrogen (secondary N) is 1. The smallest absolute Gasteiger partial charge is 0.254 e. The van der Waals surface area contributed by atoms with E-state index in [0.717, 1.165) is 30.8 Å². The minimum Gasteiger partial charge on any atom is -0.490 e. The monoisotopic (exact) mass is 319 g/mol. The fourth-order valence-corrected chi connectivity index (χ4v) is 2.17. The van der Waals surface area contributed by atoms with Crippen LogP contribution in [0.25, 0.3) is 0 Å². The summed E-state index contributed by atoms with van der Waals surface area (Å²) in [6, 6.07) is 7.66. The summed E-state index contributed by atoms with van der Waals surface area (Å²) in [6.45, 7) is 7.36. The first-order valence-corrected chi connectivity index (χ1v) is 8.06. The number of carbonyl (C=O) groups is 1. The third-order valence-electron chi connectivity index (χ3n) is 3.69. The van der Waals surface area contributed by atoms with Gasteiger partial charge in [0.15, 0.2) is 0 Å². The number of nitrogens with zero attached hydrogens (tertiary/aromatic N) is 2. The van der Waals surface area contributed by atoms with E-state index >= 15 is 0 Å². The molecule has 1 aromatic rings. The molecule has 1 aliphatic heterocycles. The Bertz CT molecular complexity index is 528. The maximum atomic E-state index is 11.9. The Kier molecular flexibility index (Phi) is 7.03. The van der Waals surface area contributed by atoms with E-state index in [-0.39, 0.29) is 12.0 Å². The van der Waals surface area contributed by atoms with Gasteiger partial charge in [0.2, 0.25) is 0 Å². The number of hydrogen-bond donors (Lipinski definition) is 1. The van der Waals surface area contributed by atoms with E-state index in [0.29, 0.717) is 19.8 Å². The van der Waals surface area contributed by atoms with Gasteiger partial charge in [0, 0.05) is 18.7 Å². The number of para-hydroxylation sites is 1. The molecule has 1 heterocycles. The number of benzene rings is 1. The fourth-order valence-electron chi connectivity index (χ4n) is 2.17. The van der Waals surface area contributed by atoms with Crippen molar-refractivity contribution in [3.8, 4) is 5.75 Å². The first kappa shape index (κ1) is 17.4. The van der Waals surface area contributed by atoms with Crippen molar-refractivity contribution in [3.63, 3.8) is 0 Å². The minimum absolute atomic E-state index is 0.122. The Labute approximate surface area is 137 Å². The molecule has 0 spiro atoms. The zero-order valence-electron chi connectivity index (χ0n) is 13.8. The predicted molar refractivity (Wildman–Crippen MR) is 89.8 cm³/mol. The molecule has 1 fully saturated rings. The molecule has 2 rings (SSSR count). The fraction of sp³-hybridized carbons (Fsp3) is 0.529. The topological polar surface area (TPSA) is 63.2 Å². The average Bonchev–Trinajstić information content (AvgIpc) is 2.57. The number of morpholine rings is 1. The number of hydrogen-bond acceptors (Lipinski definition) is 5. The predicted octanol–water partition coefficient (Wildman–Crippen LogP) is 1.65. The van der Waals surface area contributed by atoms with Crippen LogP contribution in [0.15, 0.2) is 29.4 Å². The lowest BCUT2D eigenvalue weighted by Gasteiger charge is -2.25. The molecule has 0 bridgehead atoms. The molecule has 1 aliphatic rings. The van der Waals surface area contributed by atoms with Crippen LogP contribution in [-0.4, -0.2) is 56.0 Å². The first-order chi connectivity index (χ1) is 11.2. The average molecular weight is 319 g/mol. The quantitative estimate of drug-likeness (QED) is 0.613. The van der Waals surface area contributed by atoms with Crippen LogP contribution in [-0.2, 0) is 9.53 Å². The van der Waals surface area contributed by atoms with Crippen LogP contribution >= 0.6 is 0 Å². The molecule has 1 saturated heterocycles. The zero-order valence-corrected chi connectivity index (χ0v) is 13.8. The Morgan fingerprint density at radius 3 is 2.91 bits per heavy atom. The number of ether oxygens (including phenoxy) is 2. The van der Waals surface area contributed by atoms with E-state index in [9.17, 15) is 4.79 Å². The van der Waals surface area contributed by atoms with Gasteiger partial charge in [-0.25, -0.2) is 5.43 Å². The Morgan fingerprint density at radius 2 is 2.17 bits per heavy atom. The largest absolute Gasteiger partial charge is 0.490 e. The Balaban J connectivity index is 1.86. The number of rotatable bonds is 7. The maximum absolute atomic E-state index is 11.9. The highest BCUT2D eigenvalue weighted by molar-refractivity contribution is 5.85. The third kappa shape index (κ3) is 6.00. The minimum atomic E-state index is -0.122. The van der Waals surface area contributed by atoms with E-state index < -0.39 is 0 Å². The molecule has 6 nitrogen and oxygen atoms in total. The van der Waals surface area contributed by atoms with Crippen molar-refractivity contribution in [3.05, 3.63) is 29.8 Å². The van der Waals surface area contributed by atoms with Crippen molar-refractivity contribution in [2.24, 2.45) is 5.10 Å². The lowest BCUT2D eigenvalue weighted by Crippen LogP contribution is -2.42. The second kappa shape index (κ2) is 9.27. The third-order valence-corrected chi connectivity index (χ3v) is 3.69. The van der Waals surface area contributed by atoms with Crippen LogP contribution in [0.4, 0.5) is 0 Å². The molecule has 0 unspecified atom stereocenters. The Morgan fingerprint density at radius 1 is 1.43 bits per heavy atom. The highest BCUT2D eigenvalue weighted by atomic mass is 16.5. The van der Waals surface area contributed by atoms with Gasteiger partial charge in [-0.15, -0.1) is 0 Å². The summed E-state index contributed by atoms with van der Waals surface area (Å²) in [5.41, 5.74) is 3.41. The second-order valence-electron chi connectivity index (χ2n) is 5.56. The van der Waals surface area contributed by atoms with Crippen molar-refractivity contribution in [2.45, 2.75) is 26.4 Å². The van der Waals surface area contributed by atoms with Crippen LogP contribution in [0.2, 0.25) is 0 Å². The highest BCUT2D eigenvalue weighted by Crippen LogP contribution is 2.18. The van der Waals surface area contributed by atoms with Crippen molar-refractivity contribution in [1.29, 1.82) is 0 Å². The van der Waals surface area contributed by atoms with Gasteiger partial charge in [-0.2, -0.15) is 5.10 Å². The van der Waals surface area contributed by atoms with Crippen molar-refractivity contribution < 1.29 is 14.3 Å². The first-order valence-electron chi connectivity index (χ1n) is 8.06. The number of amides is 1. The van der Waals surface area contributed by atoms with Crippen molar-refractivity contribution in [2.75, 3.05) is 32.8 Å². The van der Waals surface area contributed by atoms with E-state index in [2.05, 4.69) is 17.5 Å². The van der Waals surface area contributed by atoms with Gasteiger partial charge in [0.05, 0.1) is 32.1 Å². The van der Waals surface area contributed by atoms with E-state index in [1.165, 1.54) is 0 Å². The summed E-state index contributed by atoms with van der Waals surface area (Å²) < 4.78 is 11.1. The van der Waals surface area contributed by atoms with Gasteiger partial charge < -0.3 is 9.47 Å². The molecular formula is C17H25N3O3. The Hall–Kier alpha value is -1.92. The summed E-state index contributed by atoms with van der Waals surface area (Å²) in [7, 11) is 0. The molecule has 1 N–H and O–H groups in total. The van der Waals surface area contributed by atoms with Crippen LogP contribution in [0.1, 0.15) is 25.8 Å². The highest BCUT2D eigenvalue weighted by Gasteiger charge is 2.13.